The van der Waals surface area contributed by atoms with Crippen molar-refractivity contribution in [3.8, 4) is 20.9 Å². The Morgan fingerprint density at radius 1 is 0.393 bits per heavy atom. The van der Waals surface area contributed by atoms with Gasteiger partial charge in [-0.15, -0.1) is 22.7 Å². The molecule has 0 aliphatic rings. The van der Waals surface area contributed by atoms with Gasteiger partial charge in [-0.25, -0.2) is 0 Å². The predicted octanol–water partition coefficient (Wildman–Crippen LogP) is 18.3. The zero-order valence-corrected chi connectivity index (χ0v) is 40.3. The monoisotopic (exact) mass is 956 g/mol. The van der Waals surface area contributed by atoms with Crippen molar-refractivity contribution in [2.24, 2.45) is 0 Å². The van der Waals surface area contributed by atoms with Crippen molar-refractivity contribution in [3.63, 3.8) is 0 Å². The van der Waals surface area contributed by atoms with E-state index in [9.17, 15) is 0 Å². The van der Waals surface area contributed by atoms with Gasteiger partial charge in [0.1, 0.15) is 22.1 Å². The van der Waals surface area contributed by atoms with Gasteiger partial charge in [-0.3, -0.25) is 0 Å². The van der Waals surface area contributed by atoms with E-state index < -0.39 is 0 Å². The van der Waals surface area contributed by atoms with Crippen molar-refractivity contribution in [2.75, 3.05) is 0 Å². The van der Waals surface area contributed by atoms with E-state index in [-0.39, 0.29) is 0 Å². The Balaban J connectivity index is 1.06. The summed E-state index contributed by atoms with van der Waals surface area (Å²) in [5, 5.41) is 2.24. The van der Waals surface area contributed by atoms with Crippen molar-refractivity contribution < 1.29 is 0 Å². The number of hydrogen-bond acceptors (Lipinski definition) is 8. The van der Waals surface area contributed by atoms with E-state index in [1.807, 2.05) is 22.7 Å². The molecule has 0 bridgehead atoms. The first-order valence-electron chi connectivity index (χ1n) is 22.0. The second-order valence-corrected chi connectivity index (χ2v) is 21.8. The van der Waals surface area contributed by atoms with Gasteiger partial charge < -0.3 is 0 Å². The molecule has 0 N–H and O–H groups in total. The molecule has 4 heterocycles. The van der Waals surface area contributed by atoms with Gasteiger partial charge in [0.2, 0.25) is 0 Å². The average Bonchev–Trinajstić information content (AvgIpc) is 4.03. The number of nitrogens with zero attached hydrogens (tertiary/aromatic N) is 4. The lowest BCUT2D eigenvalue weighted by atomic mass is 9.98. The summed E-state index contributed by atoms with van der Waals surface area (Å²) in [5.74, 6) is 0. The van der Waals surface area contributed by atoms with E-state index in [0.717, 1.165) is 56.8 Å². The molecule has 4 nitrogen and oxygen atoms in total. The maximum Gasteiger partial charge on any atom is 0.114 e. The fourth-order valence-corrected chi connectivity index (χ4v) is 12.9. The normalized spacial score (nSPS) is 12.0. The zero-order chi connectivity index (χ0) is 39.0. The molecule has 0 aliphatic heterocycles. The van der Waals surface area contributed by atoms with Crippen molar-refractivity contribution in [3.05, 3.63) is 43.0 Å². The highest BCUT2D eigenvalue weighted by Crippen LogP contribution is 2.45. The number of benzene rings is 2. The molecule has 0 amide bonds. The van der Waals surface area contributed by atoms with Crippen LogP contribution in [0.25, 0.3) is 53.7 Å². The first-order valence-corrected chi connectivity index (χ1v) is 26.7. The first kappa shape index (κ1) is 44.3. The third-order valence-corrected chi connectivity index (χ3v) is 16.6. The number of hydrogen-bond donors (Lipinski definition) is 0. The molecule has 0 fully saturated rings. The van der Waals surface area contributed by atoms with Crippen LogP contribution >= 0.6 is 78.0 Å². The number of fused-ring (bicyclic) bond motifs is 5. The largest absolute Gasteiger partial charge is 0.172 e. The molecule has 0 unspecified atom stereocenters. The Morgan fingerprint density at radius 2 is 0.696 bits per heavy atom. The summed E-state index contributed by atoms with van der Waals surface area (Å²) in [6.45, 7) is 4.59. The molecule has 0 spiro atoms. The highest BCUT2D eigenvalue weighted by molar-refractivity contribution is 9.11. The fourth-order valence-electron chi connectivity index (χ4n) is 8.16. The van der Waals surface area contributed by atoms with E-state index in [1.54, 1.807) is 0 Å². The molecule has 6 aromatic rings. The number of thiophene rings is 2. The van der Waals surface area contributed by atoms with Crippen LogP contribution in [-0.4, -0.2) is 17.5 Å². The molecule has 0 radical (unpaired) electrons. The molecule has 56 heavy (non-hydrogen) atoms. The molecule has 10 heteroatoms. The summed E-state index contributed by atoms with van der Waals surface area (Å²) >= 11 is 14.1. The molecule has 0 saturated carbocycles. The summed E-state index contributed by atoms with van der Waals surface area (Å²) in [6.07, 6.45) is 35.3. The maximum atomic E-state index is 4.89. The van der Waals surface area contributed by atoms with Gasteiger partial charge in [-0.05, 0) is 92.9 Å². The Morgan fingerprint density at radius 3 is 1.04 bits per heavy atom. The van der Waals surface area contributed by atoms with E-state index in [1.165, 1.54) is 206 Å². The maximum absolute atomic E-state index is 4.89. The third kappa shape index (κ3) is 12.4. The summed E-state index contributed by atoms with van der Waals surface area (Å²) in [4.78, 5) is 2.49. The van der Waals surface area contributed by atoms with Gasteiger partial charge in [0.25, 0.3) is 0 Å². The minimum atomic E-state index is 0.970. The molecular formula is C46H62Br2N4S4. The van der Waals surface area contributed by atoms with E-state index in [0.29, 0.717) is 0 Å². The van der Waals surface area contributed by atoms with Crippen molar-refractivity contribution in [2.45, 2.75) is 181 Å². The van der Waals surface area contributed by atoms with Crippen LogP contribution in [-0.2, 0) is 12.8 Å². The van der Waals surface area contributed by atoms with Crippen LogP contribution in [0.15, 0.2) is 31.8 Å². The topological polar surface area (TPSA) is 51.6 Å². The molecule has 6 rings (SSSR count). The van der Waals surface area contributed by atoms with Crippen LogP contribution in [0.4, 0.5) is 0 Å². The molecule has 304 valence electrons. The highest BCUT2D eigenvalue weighted by atomic mass is 79.9. The smallest absolute Gasteiger partial charge is 0.114 e. The SMILES string of the molecule is CCCCCCCCCCCCCCc1cc(-c2cc3c(cc(-c4cc(CCCCCCCCCCCCCC)c(Br)s4)c4nsnc43)c3nsnc23)sc1Br. The number of aryl methyl sites for hydroxylation is 2. The van der Waals surface area contributed by atoms with Gasteiger partial charge in [0.05, 0.1) is 31.0 Å². The summed E-state index contributed by atoms with van der Waals surface area (Å²) < 4.78 is 22.0. The quantitative estimate of drug-likeness (QED) is 0.0460. The fraction of sp³-hybridized carbons (Fsp3) is 0.609. The second kappa shape index (κ2) is 24.1. The molecule has 0 aliphatic carbocycles. The number of unbranched alkanes of at least 4 members (excludes halogenated alkanes) is 22. The minimum absolute atomic E-state index is 0.970. The Hall–Kier alpha value is -1.30. The summed E-state index contributed by atoms with van der Waals surface area (Å²) in [7, 11) is 0. The zero-order valence-electron chi connectivity index (χ0n) is 33.9. The lowest BCUT2D eigenvalue weighted by Crippen LogP contribution is -1.87. The van der Waals surface area contributed by atoms with E-state index >= 15 is 0 Å². The van der Waals surface area contributed by atoms with Crippen molar-refractivity contribution in [1.29, 1.82) is 0 Å². The third-order valence-electron chi connectivity index (χ3n) is 11.5. The van der Waals surface area contributed by atoms with E-state index in [4.69, 9.17) is 17.5 Å². The van der Waals surface area contributed by atoms with Gasteiger partial charge in [0.15, 0.2) is 0 Å². The Kier molecular flexibility index (Phi) is 19.0. The number of halogens is 2. The molecule has 2 aromatic carbocycles. The van der Waals surface area contributed by atoms with Gasteiger partial charge in [0, 0.05) is 31.7 Å². The lowest BCUT2D eigenvalue weighted by Gasteiger charge is -2.08. The summed E-state index contributed by atoms with van der Waals surface area (Å²) in [5.41, 5.74) is 9.04. The summed E-state index contributed by atoms with van der Waals surface area (Å²) in [6, 6.07) is 9.39. The van der Waals surface area contributed by atoms with Crippen LogP contribution in [0.2, 0.25) is 0 Å². The molecule has 4 aromatic heterocycles. The van der Waals surface area contributed by atoms with Crippen LogP contribution in [0, 0.1) is 0 Å². The second-order valence-electron chi connectivity index (χ2n) is 16.0. The molecule has 0 atom stereocenters. The number of aromatic nitrogens is 4. The van der Waals surface area contributed by atoms with E-state index in [2.05, 4.69) is 70.0 Å². The Bertz CT molecular complexity index is 1910. The average molecular weight is 959 g/mol. The van der Waals surface area contributed by atoms with Gasteiger partial charge in [-0.2, -0.15) is 17.5 Å². The van der Waals surface area contributed by atoms with Crippen LogP contribution < -0.4 is 0 Å². The number of rotatable bonds is 28. The lowest BCUT2D eigenvalue weighted by molar-refractivity contribution is 0.544. The highest BCUT2D eigenvalue weighted by Gasteiger charge is 2.22. The van der Waals surface area contributed by atoms with Crippen LogP contribution in [0.1, 0.15) is 179 Å². The first-order chi connectivity index (χ1) is 27.6. The minimum Gasteiger partial charge on any atom is -0.172 e. The van der Waals surface area contributed by atoms with Gasteiger partial charge >= 0.3 is 0 Å². The van der Waals surface area contributed by atoms with Crippen molar-refractivity contribution >= 4 is 111 Å². The Labute approximate surface area is 370 Å². The predicted molar refractivity (Wildman–Crippen MR) is 257 cm³/mol. The molecule has 0 saturated heterocycles. The molecular weight excluding hydrogens is 897 g/mol. The van der Waals surface area contributed by atoms with Crippen LogP contribution in [0.3, 0.4) is 0 Å². The van der Waals surface area contributed by atoms with Gasteiger partial charge in [-0.1, -0.05) is 155 Å². The van der Waals surface area contributed by atoms with Crippen LogP contribution in [0.5, 0.6) is 0 Å². The standard InChI is InChI=1S/C46H62Br2N4S4/c1-3-5-7-9-11-13-15-17-19-21-23-25-27-33-29-39(53-45(33)47)37-31-35-36(41-43(37)51-55-49-41)32-38(44-42(35)50-56-52-44)40-30-34(46(48)54-40)28-26-24-22-20-18-16-14-12-10-8-6-4-2/h29-32H,3-28H2,1-2H3. The van der Waals surface area contributed by atoms with Crippen molar-refractivity contribution in [1.82, 2.24) is 17.5 Å².